The van der Waals surface area contributed by atoms with Gasteiger partial charge >= 0.3 is 0 Å². The van der Waals surface area contributed by atoms with Gasteiger partial charge in [-0.2, -0.15) is 13.1 Å². The molecule has 0 aromatic carbocycles. The second-order valence-electron chi connectivity index (χ2n) is 3.09. The van der Waals surface area contributed by atoms with E-state index in [1.807, 2.05) is 0 Å². The normalized spacial score (nSPS) is 12.8. The second-order valence-corrected chi connectivity index (χ2v) is 7.63. The zero-order valence-corrected chi connectivity index (χ0v) is 11.5. The predicted octanol–water partition coefficient (Wildman–Crippen LogP) is -0.661. The molecule has 1 aromatic rings. The molecule has 10 heteroatoms. The number of thiophene rings is 1. The Kier molecular flexibility index (Phi) is 4.63. The van der Waals surface area contributed by atoms with E-state index in [1.54, 1.807) is 6.92 Å². The minimum Gasteiger partial charge on any atom is -0.224 e. The van der Waals surface area contributed by atoms with E-state index in [0.29, 0.717) is 4.88 Å². The Morgan fingerprint density at radius 2 is 1.88 bits per heavy atom. The van der Waals surface area contributed by atoms with Crippen molar-refractivity contribution in [3.05, 3.63) is 17.0 Å². The summed E-state index contributed by atoms with van der Waals surface area (Å²) in [6.45, 7) is 1.96. The summed E-state index contributed by atoms with van der Waals surface area (Å²) in [5.74, 6) is 0. The van der Waals surface area contributed by atoms with Crippen molar-refractivity contribution >= 4 is 31.6 Å². The van der Waals surface area contributed by atoms with Gasteiger partial charge in [0, 0.05) is 18.0 Å². The van der Waals surface area contributed by atoms with E-state index in [4.69, 9.17) is 5.14 Å². The molecule has 4 N–H and O–H groups in total. The highest BCUT2D eigenvalue weighted by Gasteiger charge is 2.13. The first kappa shape index (κ1) is 14.5. The van der Waals surface area contributed by atoms with Gasteiger partial charge in [-0.15, -0.1) is 11.3 Å². The van der Waals surface area contributed by atoms with Crippen LogP contribution in [0, 0.1) is 0 Å². The predicted molar refractivity (Wildman–Crippen MR) is 65.1 cm³/mol. The maximum atomic E-state index is 11.2. The molecule has 0 saturated heterocycles. The third kappa shape index (κ3) is 4.69. The van der Waals surface area contributed by atoms with Crippen LogP contribution in [0.15, 0.2) is 16.3 Å². The number of nitrogens with two attached hydrogens (primary N) is 1. The van der Waals surface area contributed by atoms with Crippen LogP contribution in [0.3, 0.4) is 0 Å². The minimum absolute atomic E-state index is 0.00940. The molecule has 0 atom stereocenters. The van der Waals surface area contributed by atoms with Gasteiger partial charge in [-0.1, -0.05) is 6.92 Å². The zero-order valence-electron chi connectivity index (χ0n) is 9.00. The first-order valence-corrected chi connectivity index (χ1v) is 8.45. The molecule has 0 unspecified atom stereocenters. The van der Waals surface area contributed by atoms with Gasteiger partial charge in [-0.25, -0.2) is 18.3 Å². The fraction of sp³-hybridized carbons (Fsp3) is 0.429. The van der Waals surface area contributed by atoms with Crippen molar-refractivity contribution in [3.8, 4) is 0 Å². The summed E-state index contributed by atoms with van der Waals surface area (Å²) < 4.78 is 49.0. The van der Waals surface area contributed by atoms with Gasteiger partial charge in [0.25, 0.3) is 10.2 Å². The average molecular weight is 299 g/mol. The van der Waals surface area contributed by atoms with Gasteiger partial charge in [0.05, 0.1) is 0 Å². The van der Waals surface area contributed by atoms with Gasteiger partial charge in [0.1, 0.15) is 4.21 Å². The molecule has 0 spiro atoms. The molecule has 7 nitrogen and oxygen atoms in total. The molecular formula is C7H13N3O4S3. The summed E-state index contributed by atoms with van der Waals surface area (Å²) in [5.41, 5.74) is 0. The lowest BCUT2D eigenvalue weighted by Crippen LogP contribution is -2.35. The van der Waals surface area contributed by atoms with Crippen molar-refractivity contribution in [2.45, 2.75) is 17.7 Å². The Labute approximate surface area is 104 Å². The number of hydrogen-bond acceptors (Lipinski definition) is 5. The monoisotopic (exact) mass is 299 g/mol. The molecule has 0 aliphatic heterocycles. The molecule has 98 valence electrons. The second kappa shape index (κ2) is 5.42. The SMILES string of the molecule is CCNS(=O)(=O)NCc1ccc(S(N)(=O)=O)s1. The highest BCUT2D eigenvalue weighted by molar-refractivity contribution is 7.91. The van der Waals surface area contributed by atoms with E-state index in [-0.39, 0.29) is 17.3 Å². The Morgan fingerprint density at radius 1 is 1.24 bits per heavy atom. The smallest absolute Gasteiger partial charge is 0.224 e. The molecule has 1 rings (SSSR count). The Balaban J connectivity index is 2.69. The largest absolute Gasteiger partial charge is 0.277 e. The summed E-state index contributed by atoms with van der Waals surface area (Å²) in [4.78, 5) is 0.565. The quantitative estimate of drug-likeness (QED) is 0.646. The molecule has 0 radical (unpaired) electrons. The highest BCUT2D eigenvalue weighted by Crippen LogP contribution is 2.19. The highest BCUT2D eigenvalue weighted by atomic mass is 32.2. The average Bonchev–Trinajstić information content (AvgIpc) is 2.62. The Bertz CT molecular complexity index is 575. The van der Waals surface area contributed by atoms with E-state index >= 15 is 0 Å². The van der Waals surface area contributed by atoms with E-state index in [1.165, 1.54) is 12.1 Å². The van der Waals surface area contributed by atoms with E-state index in [2.05, 4.69) is 9.44 Å². The Hall–Kier alpha value is -0.520. The fourth-order valence-electron chi connectivity index (χ4n) is 1.01. The number of sulfonamides is 1. The summed E-state index contributed by atoms with van der Waals surface area (Å²) >= 11 is 0.931. The van der Waals surface area contributed by atoms with Crippen LogP contribution in [0.4, 0.5) is 0 Å². The van der Waals surface area contributed by atoms with Gasteiger partial charge in [0.2, 0.25) is 10.0 Å². The standard InChI is InChI=1S/C7H13N3O4S3/c1-2-9-17(13,14)10-5-6-3-4-7(15-6)16(8,11)12/h3-4,9-10H,2,5H2,1H3,(H2,8,11,12). The van der Waals surface area contributed by atoms with Crippen LogP contribution in [0.1, 0.15) is 11.8 Å². The van der Waals surface area contributed by atoms with Crippen LogP contribution in [0.5, 0.6) is 0 Å². The number of rotatable bonds is 6. The molecule has 17 heavy (non-hydrogen) atoms. The van der Waals surface area contributed by atoms with Gasteiger partial charge < -0.3 is 0 Å². The van der Waals surface area contributed by atoms with Gasteiger partial charge in [-0.3, -0.25) is 0 Å². The first-order chi connectivity index (χ1) is 7.74. The van der Waals surface area contributed by atoms with Crippen molar-refractivity contribution in [1.82, 2.24) is 9.44 Å². The van der Waals surface area contributed by atoms with Crippen LogP contribution in [0.25, 0.3) is 0 Å². The summed E-state index contributed by atoms with van der Waals surface area (Å²) in [6.07, 6.45) is 0. The molecule has 0 saturated carbocycles. The zero-order chi connectivity index (χ0) is 13.1. The van der Waals surface area contributed by atoms with E-state index in [0.717, 1.165) is 11.3 Å². The molecular weight excluding hydrogens is 286 g/mol. The van der Waals surface area contributed by atoms with Crippen LogP contribution in [-0.2, 0) is 26.8 Å². The number of primary sulfonamides is 1. The molecule has 0 fully saturated rings. The molecule has 1 heterocycles. The minimum atomic E-state index is -3.72. The topological polar surface area (TPSA) is 118 Å². The fourth-order valence-corrected chi connectivity index (χ4v) is 3.65. The third-order valence-electron chi connectivity index (χ3n) is 1.69. The molecule has 0 bridgehead atoms. The first-order valence-electron chi connectivity index (χ1n) is 4.60. The maximum Gasteiger partial charge on any atom is 0.277 e. The number of hydrogen-bond donors (Lipinski definition) is 3. The number of nitrogens with one attached hydrogen (secondary N) is 2. The van der Waals surface area contributed by atoms with Crippen molar-refractivity contribution in [1.29, 1.82) is 0 Å². The van der Waals surface area contributed by atoms with Crippen LogP contribution in [-0.4, -0.2) is 23.4 Å². The van der Waals surface area contributed by atoms with E-state index in [9.17, 15) is 16.8 Å². The molecule has 0 aliphatic carbocycles. The summed E-state index contributed by atoms with van der Waals surface area (Å²) in [6, 6.07) is 2.86. The molecule has 0 amide bonds. The Morgan fingerprint density at radius 3 is 2.35 bits per heavy atom. The van der Waals surface area contributed by atoms with Crippen LogP contribution < -0.4 is 14.6 Å². The van der Waals surface area contributed by atoms with Gasteiger partial charge in [0.15, 0.2) is 0 Å². The maximum absolute atomic E-state index is 11.2. The summed E-state index contributed by atoms with van der Waals surface area (Å²) in [7, 11) is -7.25. The van der Waals surface area contributed by atoms with Crippen molar-refractivity contribution in [2.24, 2.45) is 5.14 Å². The lowest BCUT2D eigenvalue weighted by Gasteiger charge is -2.04. The van der Waals surface area contributed by atoms with Crippen molar-refractivity contribution in [3.63, 3.8) is 0 Å². The summed E-state index contributed by atoms with van der Waals surface area (Å²) in [5, 5.41) is 4.93. The molecule has 1 aromatic heterocycles. The lowest BCUT2D eigenvalue weighted by molar-refractivity contribution is 0.569. The van der Waals surface area contributed by atoms with Crippen molar-refractivity contribution < 1.29 is 16.8 Å². The lowest BCUT2D eigenvalue weighted by atomic mass is 10.5. The van der Waals surface area contributed by atoms with Gasteiger partial charge in [-0.05, 0) is 12.1 Å². The molecule has 0 aliphatic rings. The van der Waals surface area contributed by atoms with Crippen molar-refractivity contribution in [2.75, 3.05) is 6.54 Å². The third-order valence-corrected chi connectivity index (χ3v) is 5.41. The van der Waals surface area contributed by atoms with Crippen LogP contribution >= 0.6 is 11.3 Å². The van der Waals surface area contributed by atoms with Crippen LogP contribution in [0.2, 0.25) is 0 Å². The van der Waals surface area contributed by atoms with E-state index < -0.39 is 20.2 Å².